The van der Waals surface area contributed by atoms with Crippen LogP contribution >= 0.6 is 24.0 Å². The van der Waals surface area contributed by atoms with E-state index in [9.17, 15) is 0 Å². The molecule has 31 heavy (non-hydrogen) atoms. The molecule has 0 amide bonds. The number of aromatic nitrogens is 1. The predicted molar refractivity (Wildman–Crippen MR) is 133 cm³/mol. The molecule has 0 saturated carbocycles. The Morgan fingerprint density at radius 2 is 1.90 bits per heavy atom. The first kappa shape index (κ1) is 25.3. The quantitative estimate of drug-likeness (QED) is 0.327. The molecule has 3 rings (SSSR count). The molecule has 1 aromatic heterocycles. The topological polar surface area (TPSA) is 75.4 Å². The Labute approximate surface area is 202 Å². The lowest BCUT2D eigenvalue weighted by Gasteiger charge is -2.36. The molecule has 8 nitrogen and oxygen atoms in total. The summed E-state index contributed by atoms with van der Waals surface area (Å²) < 4.78 is 16.1. The number of nitrogens with one attached hydrogen (secondary N) is 1. The molecule has 0 spiro atoms. The van der Waals surface area contributed by atoms with Crippen molar-refractivity contribution in [2.75, 3.05) is 54.0 Å². The zero-order chi connectivity index (χ0) is 21.5. The molecule has 1 aromatic carbocycles. The van der Waals surface area contributed by atoms with E-state index in [-0.39, 0.29) is 24.0 Å². The van der Waals surface area contributed by atoms with Gasteiger partial charge in [-0.1, -0.05) is 5.16 Å². The van der Waals surface area contributed by atoms with Crippen molar-refractivity contribution in [3.63, 3.8) is 0 Å². The number of ether oxygens (including phenoxy) is 2. The number of aryl methyl sites for hydroxylation is 2. The molecule has 2 heterocycles. The van der Waals surface area contributed by atoms with E-state index >= 15 is 0 Å². The lowest BCUT2D eigenvalue weighted by molar-refractivity contribution is 0.171. The second kappa shape index (κ2) is 12.1. The summed E-state index contributed by atoms with van der Waals surface area (Å²) in [6.45, 7) is 9.37. The number of aliphatic imine (C=N–C) groups is 1. The minimum atomic E-state index is 0. The van der Waals surface area contributed by atoms with Gasteiger partial charge in [0.25, 0.3) is 0 Å². The van der Waals surface area contributed by atoms with E-state index in [1.807, 2.05) is 33.0 Å². The van der Waals surface area contributed by atoms with Crippen LogP contribution in [0.2, 0.25) is 0 Å². The van der Waals surface area contributed by atoms with Crippen molar-refractivity contribution in [2.45, 2.75) is 26.8 Å². The number of benzene rings is 1. The van der Waals surface area contributed by atoms with Crippen molar-refractivity contribution < 1.29 is 14.0 Å². The van der Waals surface area contributed by atoms with Gasteiger partial charge in [-0.3, -0.25) is 9.89 Å². The molecular formula is C22H34IN5O3. The smallest absolute Gasteiger partial charge is 0.193 e. The van der Waals surface area contributed by atoms with Crippen LogP contribution < -0.4 is 14.8 Å². The SMILES string of the molecule is CN=C(NCCc1c(C)noc1C)N1CCN(Cc2cc(OC)ccc2OC)CC1.I. The van der Waals surface area contributed by atoms with Crippen molar-refractivity contribution in [3.05, 3.63) is 40.8 Å². The monoisotopic (exact) mass is 543 g/mol. The third kappa shape index (κ3) is 6.49. The van der Waals surface area contributed by atoms with Gasteiger partial charge in [-0.05, 0) is 38.5 Å². The summed E-state index contributed by atoms with van der Waals surface area (Å²) in [5, 5.41) is 7.51. The maximum absolute atomic E-state index is 5.52. The first-order valence-electron chi connectivity index (χ1n) is 10.4. The van der Waals surface area contributed by atoms with Gasteiger partial charge in [0, 0.05) is 57.4 Å². The van der Waals surface area contributed by atoms with Gasteiger partial charge >= 0.3 is 0 Å². The largest absolute Gasteiger partial charge is 0.497 e. The fourth-order valence-electron chi connectivity index (χ4n) is 3.85. The average molecular weight is 543 g/mol. The summed E-state index contributed by atoms with van der Waals surface area (Å²) in [7, 11) is 5.24. The summed E-state index contributed by atoms with van der Waals surface area (Å²) in [6.07, 6.45) is 0.871. The fourth-order valence-corrected chi connectivity index (χ4v) is 3.85. The highest BCUT2D eigenvalue weighted by Gasteiger charge is 2.21. The van der Waals surface area contributed by atoms with E-state index in [1.54, 1.807) is 14.2 Å². The van der Waals surface area contributed by atoms with Crippen LogP contribution in [0.3, 0.4) is 0 Å². The zero-order valence-corrected chi connectivity index (χ0v) is 21.4. The molecule has 1 saturated heterocycles. The maximum atomic E-state index is 5.52. The highest BCUT2D eigenvalue weighted by molar-refractivity contribution is 14.0. The first-order chi connectivity index (χ1) is 14.5. The van der Waals surface area contributed by atoms with E-state index in [1.165, 1.54) is 5.56 Å². The number of rotatable bonds is 7. The van der Waals surface area contributed by atoms with Gasteiger partial charge in [-0.2, -0.15) is 0 Å². The molecule has 0 bridgehead atoms. The number of halogens is 1. The molecule has 1 aliphatic rings. The summed E-state index contributed by atoms with van der Waals surface area (Å²) in [6, 6.07) is 5.95. The molecule has 1 fully saturated rings. The van der Waals surface area contributed by atoms with Crippen LogP contribution in [0.4, 0.5) is 0 Å². The second-order valence-corrected chi connectivity index (χ2v) is 7.47. The molecule has 172 valence electrons. The van der Waals surface area contributed by atoms with E-state index < -0.39 is 0 Å². The van der Waals surface area contributed by atoms with E-state index in [4.69, 9.17) is 14.0 Å². The van der Waals surface area contributed by atoms with E-state index in [2.05, 4.69) is 31.3 Å². The van der Waals surface area contributed by atoms with Gasteiger partial charge in [0.05, 0.1) is 19.9 Å². The van der Waals surface area contributed by atoms with E-state index in [0.717, 1.165) is 80.2 Å². The number of guanidine groups is 1. The van der Waals surface area contributed by atoms with Crippen molar-refractivity contribution in [3.8, 4) is 11.5 Å². The van der Waals surface area contributed by atoms with Crippen molar-refractivity contribution in [1.29, 1.82) is 0 Å². The Kier molecular flexibility index (Phi) is 9.89. The van der Waals surface area contributed by atoms with Gasteiger partial charge in [0.2, 0.25) is 0 Å². The molecule has 9 heteroatoms. The highest BCUT2D eigenvalue weighted by Crippen LogP contribution is 2.25. The summed E-state index contributed by atoms with van der Waals surface area (Å²) >= 11 is 0. The molecule has 0 unspecified atom stereocenters. The standard InChI is InChI=1S/C22H33N5O3.HI/c1-16-20(17(2)30-25-16)8-9-24-22(23-3)27-12-10-26(11-13-27)15-18-14-19(28-4)6-7-21(18)29-5;/h6-7,14H,8-13,15H2,1-5H3,(H,23,24);1H. The Morgan fingerprint density at radius 3 is 2.48 bits per heavy atom. The molecular weight excluding hydrogens is 509 g/mol. The van der Waals surface area contributed by atoms with E-state index in [0.29, 0.717) is 0 Å². The Balaban J connectivity index is 0.00000341. The van der Waals surface area contributed by atoms with Crippen LogP contribution in [0.25, 0.3) is 0 Å². The van der Waals surface area contributed by atoms with Crippen LogP contribution in [-0.4, -0.2) is 74.9 Å². The van der Waals surface area contributed by atoms with Crippen LogP contribution in [0.5, 0.6) is 11.5 Å². The number of methoxy groups -OCH3 is 2. The van der Waals surface area contributed by atoms with Crippen LogP contribution in [0.1, 0.15) is 22.6 Å². The highest BCUT2D eigenvalue weighted by atomic mass is 127. The number of hydrogen-bond donors (Lipinski definition) is 1. The van der Waals surface area contributed by atoms with Gasteiger partial charge in [0.15, 0.2) is 5.96 Å². The molecule has 0 aliphatic carbocycles. The minimum absolute atomic E-state index is 0. The van der Waals surface area contributed by atoms with Crippen molar-refractivity contribution in [2.24, 2.45) is 4.99 Å². The van der Waals surface area contributed by atoms with Gasteiger partial charge in [-0.15, -0.1) is 24.0 Å². The van der Waals surface area contributed by atoms with Gasteiger partial charge in [-0.25, -0.2) is 0 Å². The zero-order valence-electron chi connectivity index (χ0n) is 19.1. The average Bonchev–Trinajstić information content (AvgIpc) is 3.09. The molecule has 2 aromatic rings. The Hall–Kier alpha value is -2.01. The third-order valence-corrected chi connectivity index (χ3v) is 5.60. The number of hydrogen-bond acceptors (Lipinski definition) is 6. The van der Waals surface area contributed by atoms with Crippen LogP contribution in [-0.2, 0) is 13.0 Å². The number of nitrogens with zero attached hydrogens (tertiary/aromatic N) is 4. The molecule has 0 atom stereocenters. The Morgan fingerprint density at radius 1 is 1.16 bits per heavy atom. The fraction of sp³-hybridized carbons (Fsp3) is 0.545. The van der Waals surface area contributed by atoms with Gasteiger partial charge in [0.1, 0.15) is 17.3 Å². The minimum Gasteiger partial charge on any atom is -0.497 e. The normalized spacial score (nSPS) is 14.9. The summed E-state index contributed by atoms with van der Waals surface area (Å²) in [5.41, 5.74) is 3.29. The number of piperazine rings is 1. The lowest BCUT2D eigenvalue weighted by Crippen LogP contribution is -2.52. The molecule has 1 N–H and O–H groups in total. The van der Waals surface area contributed by atoms with Crippen molar-refractivity contribution >= 4 is 29.9 Å². The molecule has 0 radical (unpaired) electrons. The van der Waals surface area contributed by atoms with Gasteiger partial charge < -0.3 is 24.2 Å². The first-order valence-corrected chi connectivity index (χ1v) is 10.4. The van der Waals surface area contributed by atoms with Crippen LogP contribution in [0, 0.1) is 13.8 Å². The molecule has 1 aliphatic heterocycles. The van der Waals surface area contributed by atoms with Crippen LogP contribution in [0.15, 0.2) is 27.7 Å². The van der Waals surface area contributed by atoms with Crippen molar-refractivity contribution in [1.82, 2.24) is 20.3 Å². The summed E-state index contributed by atoms with van der Waals surface area (Å²) in [5.74, 6) is 3.59. The Bertz CT molecular complexity index is 843. The summed E-state index contributed by atoms with van der Waals surface area (Å²) in [4.78, 5) is 9.22. The second-order valence-electron chi connectivity index (χ2n) is 7.47. The maximum Gasteiger partial charge on any atom is 0.193 e. The third-order valence-electron chi connectivity index (χ3n) is 5.60. The lowest BCUT2D eigenvalue weighted by atomic mass is 10.1. The predicted octanol–water partition coefficient (Wildman–Crippen LogP) is 2.86.